The molecule has 0 aromatic rings. The molecule has 0 bridgehead atoms. The van der Waals surface area contributed by atoms with Gasteiger partial charge in [-0.1, -0.05) is 20.8 Å². The number of aliphatic hydroxyl groups is 2. The predicted molar refractivity (Wildman–Crippen MR) is 70.2 cm³/mol. The van der Waals surface area contributed by atoms with Crippen molar-refractivity contribution in [2.75, 3.05) is 0 Å². The van der Waals surface area contributed by atoms with Crippen molar-refractivity contribution in [3.05, 3.63) is 0 Å². The second kappa shape index (κ2) is 5.49. The standard InChI is InChI=1S/C14H26O4/c1-10(15)9-14(18,8-7-13(5,6)17)11(16)12(2,3)4/h17-18H,7-9H2,1-6H3/t14-/m1/s1. The Kier molecular flexibility index (Phi) is 5.27. The summed E-state index contributed by atoms with van der Waals surface area (Å²) in [5.41, 5.74) is -3.36. The monoisotopic (exact) mass is 258 g/mol. The normalized spacial score (nSPS) is 16.2. The molecule has 4 nitrogen and oxygen atoms in total. The van der Waals surface area contributed by atoms with Crippen LogP contribution in [0.25, 0.3) is 0 Å². The van der Waals surface area contributed by atoms with Crippen LogP contribution in [0, 0.1) is 5.41 Å². The van der Waals surface area contributed by atoms with E-state index in [1.54, 1.807) is 34.6 Å². The van der Waals surface area contributed by atoms with Gasteiger partial charge in [-0.05, 0) is 33.6 Å². The summed E-state index contributed by atoms with van der Waals surface area (Å²) in [5.74, 6) is -0.583. The lowest BCUT2D eigenvalue weighted by Gasteiger charge is -2.33. The Morgan fingerprint density at radius 3 is 1.67 bits per heavy atom. The molecule has 0 heterocycles. The molecule has 4 heteroatoms. The SMILES string of the molecule is CC(=O)C[C@](O)(CCC(C)(C)O)C(=O)C(C)(C)C. The first-order valence-electron chi connectivity index (χ1n) is 6.27. The van der Waals surface area contributed by atoms with Gasteiger partial charge in [0.2, 0.25) is 0 Å². The van der Waals surface area contributed by atoms with E-state index in [2.05, 4.69) is 0 Å². The lowest BCUT2D eigenvalue weighted by molar-refractivity contribution is -0.151. The van der Waals surface area contributed by atoms with Gasteiger partial charge in [0.05, 0.1) is 5.60 Å². The van der Waals surface area contributed by atoms with Crippen molar-refractivity contribution in [2.45, 2.75) is 72.0 Å². The second-order valence-corrected chi connectivity index (χ2v) is 6.80. The van der Waals surface area contributed by atoms with Crippen LogP contribution in [0.1, 0.15) is 60.8 Å². The summed E-state index contributed by atoms with van der Waals surface area (Å²) in [6.45, 7) is 9.72. The minimum atomic E-state index is -1.68. The van der Waals surface area contributed by atoms with Crippen molar-refractivity contribution >= 4 is 11.6 Å². The molecule has 18 heavy (non-hydrogen) atoms. The highest BCUT2D eigenvalue weighted by Crippen LogP contribution is 2.31. The molecule has 106 valence electrons. The van der Waals surface area contributed by atoms with Crippen molar-refractivity contribution in [2.24, 2.45) is 5.41 Å². The summed E-state index contributed by atoms with van der Waals surface area (Å²) in [6.07, 6.45) is 0.157. The van der Waals surface area contributed by atoms with E-state index in [0.717, 1.165) is 0 Å². The van der Waals surface area contributed by atoms with Gasteiger partial charge in [-0.15, -0.1) is 0 Å². The van der Waals surface area contributed by atoms with Gasteiger partial charge in [0.1, 0.15) is 11.4 Å². The first-order valence-corrected chi connectivity index (χ1v) is 6.27. The van der Waals surface area contributed by atoms with Crippen LogP contribution in [0.15, 0.2) is 0 Å². The molecule has 0 aromatic carbocycles. The Bertz CT molecular complexity index is 320. The predicted octanol–water partition coefficient (Wildman–Crippen LogP) is 1.86. The fraction of sp³-hybridized carbons (Fsp3) is 0.857. The van der Waals surface area contributed by atoms with Crippen molar-refractivity contribution in [3.8, 4) is 0 Å². The van der Waals surface area contributed by atoms with Gasteiger partial charge in [-0.2, -0.15) is 0 Å². The molecule has 0 rings (SSSR count). The summed E-state index contributed by atoms with van der Waals surface area (Å²) in [4.78, 5) is 23.5. The lowest BCUT2D eigenvalue weighted by Crippen LogP contribution is -2.47. The van der Waals surface area contributed by atoms with E-state index < -0.39 is 16.6 Å². The van der Waals surface area contributed by atoms with Crippen LogP contribution in [0.3, 0.4) is 0 Å². The lowest BCUT2D eigenvalue weighted by atomic mass is 9.74. The minimum Gasteiger partial charge on any atom is -0.390 e. The number of carbonyl (C=O) groups is 2. The van der Waals surface area contributed by atoms with Crippen LogP contribution in [0.4, 0.5) is 0 Å². The Morgan fingerprint density at radius 2 is 1.39 bits per heavy atom. The molecule has 0 aromatic heterocycles. The second-order valence-electron chi connectivity index (χ2n) is 6.80. The molecule has 0 unspecified atom stereocenters. The Balaban J connectivity index is 5.07. The summed E-state index contributed by atoms with van der Waals surface area (Å²) in [5, 5.41) is 20.2. The maximum atomic E-state index is 12.3. The van der Waals surface area contributed by atoms with Crippen LogP contribution in [0.2, 0.25) is 0 Å². The van der Waals surface area contributed by atoms with Crippen molar-refractivity contribution in [3.63, 3.8) is 0 Å². The number of hydrogen-bond acceptors (Lipinski definition) is 4. The third-order valence-electron chi connectivity index (χ3n) is 2.80. The van der Waals surface area contributed by atoms with E-state index in [-0.39, 0.29) is 30.8 Å². The third kappa shape index (κ3) is 5.74. The largest absolute Gasteiger partial charge is 0.390 e. The molecule has 0 spiro atoms. The first-order chi connectivity index (χ1) is 7.78. The van der Waals surface area contributed by atoms with Crippen LogP contribution in [-0.2, 0) is 9.59 Å². The average Bonchev–Trinajstić information content (AvgIpc) is 2.10. The number of rotatable bonds is 6. The molecule has 1 atom stereocenters. The highest BCUT2D eigenvalue weighted by atomic mass is 16.3. The maximum absolute atomic E-state index is 12.3. The van der Waals surface area contributed by atoms with Crippen molar-refractivity contribution < 1.29 is 19.8 Å². The molecular weight excluding hydrogens is 232 g/mol. The van der Waals surface area contributed by atoms with Crippen molar-refractivity contribution in [1.29, 1.82) is 0 Å². The Labute approximate surface area is 109 Å². The minimum absolute atomic E-state index is 0.0895. The van der Waals surface area contributed by atoms with Gasteiger partial charge in [-0.25, -0.2) is 0 Å². The number of carbonyl (C=O) groups excluding carboxylic acids is 2. The fourth-order valence-corrected chi connectivity index (χ4v) is 1.90. The molecule has 0 aliphatic rings. The van der Waals surface area contributed by atoms with E-state index in [1.807, 2.05) is 0 Å². The Morgan fingerprint density at radius 1 is 0.944 bits per heavy atom. The molecule has 0 saturated heterocycles. The average molecular weight is 258 g/mol. The molecule has 2 N–H and O–H groups in total. The molecule has 0 radical (unpaired) electrons. The highest BCUT2D eigenvalue weighted by molar-refractivity contribution is 5.95. The van der Waals surface area contributed by atoms with Crippen LogP contribution < -0.4 is 0 Å². The Hall–Kier alpha value is -0.740. The molecule has 0 aliphatic carbocycles. The zero-order valence-electron chi connectivity index (χ0n) is 12.3. The number of ketones is 2. The molecular formula is C14H26O4. The summed E-state index contributed by atoms with van der Waals surface area (Å²) in [7, 11) is 0. The van der Waals surface area contributed by atoms with Gasteiger partial charge < -0.3 is 10.2 Å². The van der Waals surface area contributed by atoms with Gasteiger partial charge in [-0.3, -0.25) is 9.59 Å². The molecule has 0 fully saturated rings. The van der Waals surface area contributed by atoms with E-state index in [4.69, 9.17) is 0 Å². The van der Waals surface area contributed by atoms with Crippen LogP contribution >= 0.6 is 0 Å². The van der Waals surface area contributed by atoms with E-state index >= 15 is 0 Å². The first kappa shape index (κ1) is 17.3. The van der Waals surface area contributed by atoms with Gasteiger partial charge in [0.25, 0.3) is 0 Å². The summed E-state index contributed by atoms with van der Waals surface area (Å²) >= 11 is 0. The number of hydrogen-bond donors (Lipinski definition) is 2. The van der Waals surface area contributed by atoms with E-state index in [9.17, 15) is 19.8 Å². The number of Topliss-reactive ketones (excluding diaryl/α,β-unsaturated/α-hetero) is 2. The molecule has 0 amide bonds. The topological polar surface area (TPSA) is 74.6 Å². The van der Waals surface area contributed by atoms with Crippen LogP contribution in [0.5, 0.6) is 0 Å². The highest BCUT2D eigenvalue weighted by Gasteiger charge is 2.43. The quantitative estimate of drug-likeness (QED) is 0.762. The third-order valence-corrected chi connectivity index (χ3v) is 2.80. The van der Waals surface area contributed by atoms with Gasteiger partial charge in [0.15, 0.2) is 5.78 Å². The summed E-state index contributed by atoms with van der Waals surface area (Å²) < 4.78 is 0. The van der Waals surface area contributed by atoms with E-state index in [0.29, 0.717) is 0 Å². The van der Waals surface area contributed by atoms with Gasteiger partial charge >= 0.3 is 0 Å². The van der Waals surface area contributed by atoms with E-state index in [1.165, 1.54) is 6.92 Å². The maximum Gasteiger partial charge on any atom is 0.170 e. The fourth-order valence-electron chi connectivity index (χ4n) is 1.90. The summed E-state index contributed by atoms with van der Waals surface area (Å²) in [6, 6.07) is 0. The van der Waals surface area contributed by atoms with Crippen molar-refractivity contribution in [1.82, 2.24) is 0 Å². The smallest absolute Gasteiger partial charge is 0.170 e. The zero-order valence-corrected chi connectivity index (χ0v) is 12.3. The molecule has 0 saturated carbocycles. The van der Waals surface area contributed by atoms with Gasteiger partial charge in [0, 0.05) is 11.8 Å². The van der Waals surface area contributed by atoms with Crippen LogP contribution in [-0.4, -0.2) is 33.0 Å². The molecule has 0 aliphatic heterocycles. The zero-order chi connectivity index (χ0) is 14.8.